The number of carbonyl (C=O) groups is 1. The lowest BCUT2D eigenvalue weighted by Gasteiger charge is -2.12. The summed E-state index contributed by atoms with van der Waals surface area (Å²) in [5.41, 5.74) is 3.83. The van der Waals surface area contributed by atoms with Crippen molar-refractivity contribution in [2.45, 2.75) is 6.54 Å². The van der Waals surface area contributed by atoms with Crippen LogP contribution in [0.15, 0.2) is 88.8 Å². The molecule has 0 spiro atoms. The number of nitrogens with one attached hydrogen (secondary N) is 1. The van der Waals surface area contributed by atoms with Crippen LogP contribution in [0.2, 0.25) is 0 Å². The smallest absolute Gasteiger partial charge is 0.307 e. The molecule has 148 valence electrons. The quantitative estimate of drug-likeness (QED) is 0.399. The first-order valence-electron chi connectivity index (χ1n) is 9.28. The van der Waals surface area contributed by atoms with Crippen LogP contribution in [0.5, 0.6) is 5.75 Å². The fraction of sp³-hybridized carbons (Fsp3) is 0.0435. The Balaban J connectivity index is 1.71. The number of hydrogen-bond donors (Lipinski definition) is 2. The van der Waals surface area contributed by atoms with Gasteiger partial charge in [0.05, 0.1) is 23.7 Å². The average Bonchev–Trinajstić information content (AvgIpc) is 2.77. The number of carbonyl (C=O) groups excluding carboxylic acids is 1. The zero-order valence-electron chi connectivity index (χ0n) is 15.9. The van der Waals surface area contributed by atoms with Crippen molar-refractivity contribution >= 4 is 23.0 Å². The number of amides is 1. The second-order valence-corrected chi connectivity index (χ2v) is 6.59. The number of hydrazone groups is 1. The summed E-state index contributed by atoms with van der Waals surface area (Å²) in [4.78, 5) is 30.3. The lowest BCUT2D eigenvalue weighted by molar-refractivity contribution is 0.0939. The van der Waals surface area contributed by atoms with Crippen molar-refractivity contribution in [3.8, 4) is 5.75 Å². The first-order chi connectivity index (χ1) is 14.6. The van der Waals surface area contributed by atoms with Gasteiger partial charge in [-0.25, -0.2) is 10.4 Å². The molecular formula is C23H18N4O3. The van der Waals surface area contributed by atoms with Crippen LogP contribution < -0.4 is 11.0 Å². The van der Waals surface area contributed by atoms with Crippen LogP contribution in [0, 0.1) is 0 Å². The number of hydrogen-bond acceptors (Lipinski definition) is 5. The number of rotatable bonds is 5. The van der Waals surface area contributed by atoms with E-state index >= 15 is 0 Å². The number of para-hydroxylation sites is 2. The lowest BCUT2D eigenvalue weighted by Crippen LogP contribution is -2.32. The molecule has 30 heavy (non-hydrogen) atoms. The van der Waals surface area contributed by atoms with Gasteiger partial charge in [-0.3, -0.25) is 14.2 Å². The molecule has 2 N–H and O–H groups in total. The van der Waals surface area contributed by atoms with Gasteiger partial charge in [-0.05, 0) is 29.8 Å². The third-order valence-electron chi connectivity index (χ3n) is 4.55. The number of phenolic OH excluding ortho intramolecular Hbond substituents is 1. The first-order valence-corrected chi connectivity index (χ1v) is 9.28. The van der Waals surface area contributed by atoms with E-state index in [1.54, 1.807) is 42.5 Å². The van der Waals surface area contributed by atoms with E-state index in [1.165, 1.54) is 16.8 Å². The summed E-state index contributed by atoms with van der Waals surface area (Å²) >= 11 is 0. The number of aromatic nitrogens is 2. The van der Waals surface area contributed by atoms with Crippen molar-refractivity contribution in [1.82, 2.24) is 15.0 Å². The predicted octanol–water partition coefficient (Wildman–Crippen LogP) is 2.91. The van der Waals surface area contributed by atoms with Crippen LogP contribution >= 0.6 is 0 Å². The summed E-state index contributed by atoms with van der Waals surface area (Å²) in [6.07, 6.45) is 1.33. The lowest BCUT2D eigenvalue weighted by atomic mass is 10.2. The minimum atomic E-state index is -0.625. The number of fused-ring (bicyclic) bond motifs is 1. The van der Waals surface area contributed by atoms with Crippen LogP contribution in [0.1, 0.15) is 21.7 Å². The van der Waals surface area contributed by atoms with Gasteiger partial charge < -0.3 is 5.11 Å². The Hall–Kier alpha value is -4.26. The zero-order chi connectivity index (χ0) is 20.9. The highest BCUT2D eigenvalue weighted by Gasteiger charge is 2.17. The van der Waals surface area contributed by atoms with Gasteiger partial charge in [0.1, 0.15) is 5.75 Å². The number of phenols is 1. The molecule has 7 nitrogen and oxygen atoms in total. The van der Waals surface area contributed by atoms with Crippen molar-refractivity contribution in [3.63, 3.8) is 0 Å². The summed E-state index contributed by atoms with van der Waals surface area (Å²) in [6.45, 7) is 0.198. The van der Waals surface area contributed by atoms with Crippen LogP contribution in [0.25, 0.3) is 10.9 Å². The largest absolute Gasteiger partial charge is 0.507 e. The summed E-state index contributed by atoms with van der Waals surface area (Å²) in [6, 6.07) is 22.9. The van der Waals surface area contributed by atoms with Gasteiger partial charge >= 0.3 is 5.91 Å². The molecule has 0 aliphatic rings. The third-order valence-corrected chi connectivity index (χ3v) is 4.55. The molecule has 7 heteroatoms. The van der Waals surface area contributed by atoms with Crippen LogP contribution in [-0.2, 0) is 6.54 Å². The van der Waals surface area contributed by atoms with E-state index < -0.39 is 5.91 Å². The summed E-state index contributed by atoms with van der Waals surface area (Å²) in [5, 5.41) is 14.1. The van der Waals surface area contributed by atoms with E-state index in [2.05, 4.69) is 15.5 Å². The molecular weight excluding hydrogens is 380 g/mol. The maximum Gasteiger partial charge on any atom is 0.307 e. The number of nitrogens with zero attached hydrogens (tertiary/aromatic N) is 3. The van der Waals surface area contributed by atoms with Crippen molar-refractivity contribution in [2.75, 3.05) is 0 Å². The second-order valence-electron chi connectivity index (χ2n) is 6.59. The topological polar surface area (TPSA) is 96.6 Å². The van der Waals surface area contributed by atoms with E-state index in [0.717, 1.165) is 5.56 Å². The fourth-order valence-corrected chi connectivity index (χ4v) is 3.06. The van der Waals surface area contributed by atoms with E-state index in [4.69, 9.17) is 0 Å². The average molecular weight is 398 g/mol. The Morgan fingerprint density at radius 2 is 1.70 bits per heavy atom. The molecule has 4 aromatic rings. The van der Waals surface area contributed by atoms with Gasteiger partial charge in [-0.1, -0.05) is 54.6 Å². The van der Waals surface area contributed by atoms with Crippen molar-refractivity contribution in [3.05, 3.63) is 106 Å². The normalized spacial score (nSPS) is 11.1. The maximum atomic E-state index is 13.1. The van der Waals surface area contributed by atoms with Gasteiger partial charge in [0.15, 0.2) is 0 Å². The molecule has 0 aliphatic heterocycles. The van der Waals surface area contributed by atoms with E-state index in [1.807, 2.05) is 30.3 Å². The number of aromatic hydroxyl groups is 1. The van der Waals surface area contributed by atoms with Crippen molar-refractivity contribution in [2.24, 2.45) is 5.10 Å². The Labute approximate surface area is 172 Å². The highest BCUT2D eigenvalue weighted by Crippen LogP contribution is 2.13. The molecule has 1 amide bonds. The summed E-state index contributed by atoms with van der Waals surface area (Å²) < 4.78 is 1.34. The van der Waals surface area contributed by atoms with Gasteiger partial charge in [0, 0.05) is 5.56 Å². The molecule has 0 bridgehead atoms. The Bertz CT molecular complexity index is 1300. The van der Waals surface area contributed by atoms with Crippen LogP contribution in [0.4, 0.5) is 0 Å². The maximum absolute atomic E-state index is 13.1. The molecule has 4 rings (SSSR count). The third kappa shape index (κ3) is 3.95. The molecule has 0 radical (unpaired) electrons. The van der Waals surface area contributed by atoms with Crippen molar-refractivity contribution in [1.29, 1.82) is 0 Å². The first kappa shape index (κ1) is 19.1. The van der Waals surface area contributed by atoms with Crippen molar-refractivity contribution < 1.29 is 9.90 Å². The molecule has 0 unspecified atom stereocenters. The Morgan fingerprint density at radius 1 is 1.00 bits per heavy atom. The monoisotopic (exact) mass is 398 g/mol. The standard InChI is InChI=1S/C23H18N4O3/c28-20-13-7-4-10-17(20)14-24-26-22(29)21-25-19-12-6-5-11-18(19)23(30)27(21)15-16-8-2-1-3-9-16/h1-14,28H,15H2,(H,26,29)/b24-14-. The molecule has 0 aliphatic carbocycles. The highest BCUT2D eigenvalue weighted by atomic mass is 16.3. The number of benzene rings is 3. The van der Waals surface area contributed by atoms with Crippen LogP contribution in [0.3, 0.4) is 0 Å². The molecule has 1 aromatic heterocycles. The second kappa shape index (κ2) is 8.40. The van der Waals surface area contributed by atoms with E-state index in [0.29, 0.717) is 16.5 Å². The van der Waals surface area contributed by atoms with Gasteiger partial charge in [-0.15, -0.1) is 0 Å². The molecule has 0 saturated heterocycles. The SMILES string of the molecule is O=C(N/N=C\c1ccccc1O)c1nc2ccccc2c(=O)n1Cc1ccccc1. The fourth-order valence-electron chi connectivity index (χ4n) is 3.06. The van der Waals surface area contributed by atoms with Gasteiger partial charge in [0.25, 0.3) is 5.56 Å². The highest BCUT2D eigenvalue weighted by molar-refractivity contribution is 5.94. The van der Waals surface area contributed by atoms with Crippen LogP contribution in [-0.4, -0.2) is 26.8 Å². The molecule has 1 heterocycles. The molecule has 0 fully saturated rings. The Morgan fingerprint density at radius 3 is 2.50 bits per heavy atom. The van der Waals surface area contributed by atoms with Gasteiger partial charge in [0.2, 0.25) is 5.82 Å². The zero-order valence-corrected chi connectivity index (χ0v) is 15.9. The van der Waals surface area contributed by atoms with Gasteiger partial charge in [-0.2, -0.15) is 5.10 Å². The summed E-state index contributed by atoms with van der Waals surface area (Å²) in [5.74, 6) is -0.627. The molecule has 0 atom stereocenters. The molecule has 3 aromatic carbocycles. The summed E-state index contributed by atoms with van der Waals surface area (Å²) in [7, 11) is 0. The molecule has 0 saturated carbocycles. The predicted molar refractivity (Wildman–Crippen MR) is 115 cm³/mol. The van der Waals surface area contributed by atoms with E-state index in [-0.39, 0.29) is 23.7 Å². The Kier molecular flexibility index (Phi) is 5.34. The minimum Gasteiger partial charge on any atom is -0.507 e. The minimum absolute atomic E-state index is 0.0420. The van der Waals surface area contributed by atoms with E-state index in [9.17, 15) is 14.7 Å².